The van der Waals surface area contributed by atoms with E-state index in [-0.39, 0.29) is 30.9 Å². The number of benzene rings is 3. The van der Waals surface area contributed by atoms with E-state index in [4.69, 9.17) is 38.9 Å². The van der Waals surface area contributed by atoms with Crippen LogP contribution in [0.2, 0.25) is 0 Å². The van der Waals surface area contributed by atoms with Gasteiger partial charge in [-0.25, -0.2) is 0 Å². The number of para-hydroxylation sites is 1. The molecule has 3 N–H and O–H groups in total. The van der Waals surface area contributed by atoms with Gasteiger partial charge >= 0.3 is 0 Å². The lowest BCUT2D eigenvalue weighted by Crippen LogP contribution is -2.57. The van der Waals surface area contributed by atoms with Crippen molar-refractivity contribution in [2.75, 3.05) is 60.8 Å². The van der Waals surface area contributed by atoms with Crippen molar-refractivity contribution >= 4 is 5.91 Å². The molecule has 3 aromatic carbocycles. The summed E-state index contributed by atoms with van der Waals surface area (Å²) < 4.78 is 40.3. The number of amides is 1. The van der Waals surface area contributed by atoms with E-state index in [1.807, 2.05) is 80.6 Å². The molecular formula is C40H56N2O9. The SMILES string of the molecule is COCCCOc1cc(CO[C@H]2CN(C(=O)[C@@H](N)CC(C)C)C[C@@H](O)[C@@H]2c2ccc(OCCCOCc3ccccc3OC)cc2)ccc1OC. The van der Waals surface area contributed by atoms with Crippen molar-refractivity contribution in [3.8, 4) is 23.0 Å². The van der Waals surface area contributed by atoms with Gasteiger partial charge in [0.25, 0.3) is 0 Å². The zero-order chi connectivity index (χ0) is 36.6. The topological polar surface area (TPSA) is 131 Å². The highest BCUT2D eigenvalue weighted by Crippen LogP contribution is 2.34. The van der Waals surface area contributed by atoms with E-state index in [2.05, 4.69) is 0 Å². The summed E-state index contributed by atoms with van der Waals surface area (Å²) in [5, 5.41) is 11.5. The van der Waals surface area contributed by atoms with E-state index < -0.39 is 18.2 Å². The molecule has 1 aliphatic heterocycles. The van der Waals surface area contributed by atoms with Crippen LogP contribution in [0.25, 0.3) is 0 Å². The summed E-state index contributed by atoms with van der Waals surface area (Å²) in [7, 11) is 4.92. The lowest BCUT2D eigenvalue weighted by atomic mass is 9.84. The van der Waals surface area contributed by atoms with Gasteiger partial charge in [-0.2, -0.15) is 0 Å². The predicted octanol–water partition coefficient (Wildman–Crippen LogP) is 5.35. The molecule has 0 unspecified atom stereocenters. The van der Waals surface area contributed by atoms with E-state index in [0.29, 0.717) is 57.5 Å². The first-order chi connectivity index (χ1) is 24.7. The Labute approximate surface area is 302 Å². The van der Waals surface area contributed by atoms with Crippen molar-refractivity contribution in [2.24, 2.45) is 11.7 Å². The molecule has 1 fully saturated rings. The van der Waals surface area contributed by atoms with E-state index in [1.165, 1.54) is 0 Å². The van der Waals surface area contributed by atoms with E-state index in [0.717, 1.165) is 41.0 Å². The van der Waals surface area contributed by atoms with Gasteiger partial charge in [-0.1, -0.05) is 50.2 Å². The maximum atomic E-state index is 13.4. The van der Waals surface area contributed by atoms with Crippen LogP contribution in [0.5, 0.6) is 23.0 Å². The molecule has 0 bridgehead atoms. The summed E-state index contributed by atoms with van der Waals surface area (Å²) in [5.41, 5.74) is 9.08. The van der Waals surface area contributed by atoms with Gasteiger partial charge in [0, 0.05) is 51.1 Å². The molecule has 1 aliphatic rings. The number of piperidine rings is 1. The third-order valence-corrected chi connectivity index (χ3v) is 8.84. The van der Waals surface area contributed by atoms with Crippen molar-refractivity contribution < 1.29 is 43.1 Å². The fourth-order valence-corrected chi connectivity index (χ4v) is 6.26. The number of aliphatic hydroxyl groups is 1. The molecule has 0 aliphatic carbocycles. The van der Waals surface area contributed by atoms with Gasteiger partial charge in [0.05, 0.1) is 65.5 Å². The maximum Gasteiger partial charge on any atom is 0.239 e. The molecule has 1 amide bonds. The van der Waals surface area contributed by atoms with Gasteiger partial charge in [-0.15, -0.1) is 0 Å². The Morgan fingerprint density at radius 2 is 1.57 bits per heavy atom. The van der Waals surface area contributed by atoms with Gasteiger partial charge in [-0.05, 0) is 53.8 Å². The van der Waals surface area contributed by atoms with Gasteiger partial charge in [0.1, 0.15) is 11.5 Å². The van der Waals surface area contributed by atoms with Crippen LogP contribution in [0.4, 0.5) is 0 Å². The van der Waals surface area contributed by atoms with Crippen LogP contribution in [-0.2, 0) is 32.2 Å². The van der Waals surface area contributed by atoms with Gasteiger partial charge in [-0.3, -0.25) is 4.79 Å². The molecule has 0 saturated carbocycles. The second-order valence-corrected chi connectivity index (χ2v) is 13.2. The first-order valence-corrected chi connectivity index (χ1v) is 17.8. The lowest BCUT2D eigenvalue weighted by molar-refractivity contribution is -0.143. The summed E-state index contributed by atoms with van der Waals surface area (Å²) in [5.74, 6) is 2.49. The molecule has 11 nitrogen and oxygen atoms in total. The number of aliphatic hydroxyl groups excluding tert-OH is 1. The monoisotopic (exact) mass is 708 g/mol. The minimum atomic E-state index is -0.860. The molecule has 1 heterocycles. The molecule has 1 saturated heterocycles. The molecule has 0 aromatic heterocycles. The summed E-state index contributed by atoms with van der Waals surface area (Å²) in [4.78, 5) is 15.0. The second kappa shape index (κ2) is 20.8. The fourth-order valence-electron chi connectivity index (χ4n) is 6.26. The minimum absolute atomic E-state index is 0.171. The first-order valence-electron chi connectivity index (χ1n) is 17.8. The smallest absolute Gasteiger partial charge is 0.239 e. The molecule has 11 heteroatoms. The van der Waals surface area contributed by atoms with Crippen molar-refractivity contribution in [1.29, 1.82) is 0 Å². The Hall–Kier alpha value is -3.87. The largest absolute Gasteiger partial charge is 0.496 e. The van der Waals surface area contributed by atoms with Crippen molar-refractivity contribution in [3.05, 3.63) is 83.4 Å². The van der Waals surface area contributed by atoms with E-state index in [1.54, 1.807) is 26.2 Å². The highest BCUT2D eigenvalue weighted by atomic mass is 16.5. The molecule has 4 atom stereocenters. The Kier molecular flexibility index (Phi) is 16.3. The normalized spacial score (nSPS) is 18.0. The molecule has 0 spiro atoms. The Bertz CT molecular complexity index is 1470. The summed E-state index contributed by atoms with van der Waals surface area (Å²) in [6.07, 6.45) is 0.677. The zero-order valence-corrected chi connectivity index (χ0v) is 30.8. The Morgan fingerprint density at radius 3 is 2.29 bits per heavy atom. The standard InChI is InChI=1S/C40H56N2O9/c1-28(2)22-33(41)40(44)42-24-34(43)39(38(25-42)51-26-29-12-17-36(47-5)37(23-29)50-21-8-18-45-3)30-13-15-32(16-14-30)49-20-9-19-48-27-31-10-6-7-11-35(31)46-4/h6-7,10-17,23,28,33-34,38-39,43H,8-9,18-22,24-27,41H2,1-5H3/t33-,34+,38-,39-/m0/s1. The molecule has 51 heavy (non-hydrogen) atoms. The van der Waals surface area contributed by atoms with Crippen LogP contribution in [0, 0.1) is 5.92 Å². The average molecular weight is 709 g/mol. The summed E-state index contributed by atoms with van der Waals surface area (Å²) in [6.45, 7) is 7.39. The third-order valence-electron chi connectivity index (χ3n) is 8.84. The van der Waals surface area contributed by atoms with Crippen LogP contribution < -0.4 is 24.7 Å². The number of nitrogens with zero attached hydrogens (tertiary/aromatic N) is 1. The third kappa shape index (κ3) is 12.1. The number of ether oxygens (including phenoxy) is 7. The highest BCUT2D eigenvalue weighted by molar-refractivity contribution is 5.82. The average Bonchev–Trinajstić information content (AvgIpc) is 3.13. The van der Waals surface area contributed by atoms with Gasteiger partial charge in [0.15, 0.2) is 11.5 Å². The number of nitrogens with two attached hydrogens (primary N) is 1. The maximum absolute atomic E-state index is 13.4. The van der Waals surface area contributed by atoms with Gasteiger partial charge < -0.3 is 48.9 Å². The van der Waals surface area contributed by atoms with Crippen molar-refractivity contribution in [3.63, 3.8) is 0 Å². The molecule has 280 valence electrons. The fraction of sp³-hybridized carbons (Fsp3) is 0.525. The molecule has 4 rings (SSSR count). The van der Waals surface area contributed by atoms with E-state index >= 15 is 0 Å². The number of methoxy groups -OCH3 is 3. The lowest BCUT2D eigenvalue weighted by Gasteiger charge is -2.42. The molecule has 0 radical (unpaired) electrons. The number of carbonyl (C=O) groups excluding carboxylic acids is 1. The number of hydrogen-bond acceptors (Lipinski definition) is 10. The summed E-state index contributed by atoms with van der Waals surface area (Å²) >= 11 is 0. The van der Waals surface area contributed by atoms with Crippen LogP contribution in [0.3, 0.4) is 0 Å². The van der Waals surface area contributed by atoms with Crippen LogP contribution >= 0.6 is 0 Å². The van der Waals surface area contributed by atoms with E-state index in [9.17, 15) is 9.90 Å². The quantitative estimate of drug-likeness (QED) is 0.140. The van der Waals surface area contributed by atoms with Crippen molar-refractivity contribution in [2.45, 2.75) is 70.5 Å². The highest BCUT2D eigenvalue weighted by Gasteiger charge is 2.40. The van der Waals surface area contributed by atoms with Gasteiger partial charge in [0.2, 0.25) is 5.91 Å². The number of rotatable bonds is 21. The number of β-amino-alcohol motifs (C(OH)–C–C–N with tert-alkyl or cyclic N) is 1. The van der Waals surface area contributed by atoms with Crippen molar-refractivity contribution in [1.82, 2.24) is 4.90 Å². The molecule has 3 aromatic rings. The number of likely N-dealkylation sites (tertiary alicyclic amines) is 1. The first kappa shape index (κ1) is 39.9. The Balaban J connectivity index is 1.40. The minimum Gasteiger partial charge on any atom is -0.496 e. The number of hydrogen-bond donors (Lipinski definition) is 2. The van der Waals surface area contributed by atoms with Crippen LogP contribution in [0.15, 0.2) is 66.7 Å². The Morgan fingerprint density at radius 1 is 0.843 bits per heavy atom. The predicted molar refractivity (Wildman–Crippen MR) is 196 cm³/mol. The second-order valence-electron chi connectivity index (χ2n) is 13.2. The number of carbonyl (C=O) groups is 1. The summed E-state index contributed by atoms with van der Waals surface area (Å²) in [6, 6.07) is 20.6. The van der Waals surface area contributed by atoms with Crippen LogP contribution in [0.1, 0.15) is 55.7 Å². The van der Waals surface area contributed by atoms with Crippen LogP contribution in [-0.4, -0.2) is 95.0 Å². The zero-order valence-electron chi connectivity index (χ0n) is 30.8. The molecular weight excluding hydrogens is 652 g/mol.